The predicted octanol–water partition coefficient (Wildman–Crippen LogP) is 5.37. The van der Waals surface area contributed by atoms with Gasteiger partial charge in [0.15, 0.2) is 0 Å². The van der Waals surface area contributed by atoms with Crippen molar-refractivity contribution in [3.63, 3.8) is 0 Å². The first-order valence-corrected chi connectivity index (χ1v) is 10.2. The Hall–Kier alpha value is -2.84. The number of para-hydroxylation sites is 1. The van der Waals surface area contributed by atoms with Gasteiger partial charge >= 0.3 is 13.6 Å². The van der Waals surface area contributed by atoms with Crippen LogP contribution in [-0.2, 0) is 9.09 Å². The van der Waals surface area contributed by atoms with Crippen LogP contribution < -0.4 is 9.83 Å². The van der Waals surface area contributed by atoms with E-state index in [9.17, 15) is 9.36 Å². The van der Waals surface area contributed by atoms with Gasteiger partial charge in [-0.1, -0.05) is 54.1 Å². The number of carbonyl (C=O) groups is 1. The normalized spacial score (nSPS) is 12.9. The van der Waals surface area contributed by atoms with Gasteiger partial charge in [0.2, 0.25) is 0 Å². The van der Waals surface area contributed by atoms with Crippen LogP contribution in [0.25, 0.3) is 0 Å². The molecule has 0 aliphatic heterocycles. The first-order valence-electron chi connectivity index (χ1n) is 8.61. The van der Waals surface area contributed by atoms with Gasteiger partial charge in [0, 0.05) is 0 Å². The Bertz CT molecular complexity index is 974. The summed E-state index contributed by atoms with van der Waals surface area (Å²) >= 11 is 0. The molecule has 1 atom stereocenters. The van der Waals surface area contributed by atoms with Crippen LogP contribution in [0.15, 0.2) is 72.8 Å². The largest absolute Gasteiger partial charge is 0.465 e. The molecule has 0 N–H and O–H groups in total. The van der Waals surface area contributed by atoms with Gasteiger partial charge in [0.1, 0.15) is 5.75 Å². The summed E-state index contributed by atoms with van der Waals surface area (Å²) in [7, 11) is -3.92. The molecule has 5 heteroatoms. The Morgan fingerprint density at radius 1 is 0.815 bits per heavy atom. The maximum absolute atomic E-state index is 13.6. The average molecular weight is 380 g/mol. The third-order valence-corrected chi connectivity index (χ3v) is 5.91. The molecule has 0 saturated carbocycles. The van der Waals surface area contributed by atoms with E-state index in [1.165, 1.54) is 0 Å². The molecule has 4 nitrogen and oxygen atoms in total. The summed E-state index contributed by atoms with van der Waals surface area (Å²) in [6, 6.07) is 21.0. The molecule has 0 amide bonds. The SMILES string of the molecule is Cc1cc(C)c(C(=O)OP(=O)(Oc2ccccc2)c2ccccc2)c(C)c1. The molecule has 0 saturated heterocycles. The molecule has 0 heterocycles. The van der Waals surface area contributed by atoms with E-state index in [-0.39, 0.29) is 0 Å². The van der Waals surface area contributed by atoms with E-state index in [1.807, 2.05) is 39.0 Å². The van der Waals surface area contributed by atoms with Crippen molar-refractivity contribution in [2.75, 3.05) is 0 Å². The van der Waals surface area contributed by atoms with E-state index < -0.39 is 13.6 Å². The van der Waals surface area contributed by atoms with Crippen LogP contribution in [0.1, 0.15) is 27.0 Å². The molecule has 138 valence electrons. The molecule has 3 aromatic carbocycles. The van der Waals surface area contributed by atoms with E-state index >= 15 is 0 Å². The van der Waals surface area contributed by atoms with Crippen molar-refractivity contribution in [1.29, 1.82) is 0 Å². The second-order valence-corrected chi connectivity index (χ2v) is 8.27. The third-order valence-electron chi connectivity index (χ3n) is 4.13. The average Bonchev–Trinajstić information content (AvgIpc) is 2.62. The van der Waals surface area contributed by atoms with E-state index in [2.05, 4.69) is 0 Å². The summed E-state index contributed by atoms with van der Waals surface area (Å²) < 4.78 is 24.8. The van der Waals surface area contributed by atoms with Gasteiger partial charge in [0.05, 0.1) is 10.9 Å². The fourth-order valence-corrected chi connectivity index (χ4v) is 4.51. The molecular formula is C22H21O4P. The number of rotatable bonds is 5. The number of hydrogen-bond donors (Lipinski definition) is 0. The predicted molar refractivity (Wildman–Crippen MR) is 107 cm³/mol. The minimum Gasteiger partial charge on any atom is -0.413 e. The maximum atomic E-state index is 13.6. The quantitative estimate of drug-likeness (QED) is 0.559. The van der Waals surface area contributed by atoms with E-state index in [0.717, 1.165) is 16.7 Å². The van der Waals surface area contributed by atoms with E-state index in [0.29, 0.717) is 16.6 Å². The highest BCUT2D eigenvalue weighted by Crippen LogP contribution is 2.48. The third kappa shape index (κ3) is 4.29. The Balaban J connectivity index is 2.00. The van der Waals surface area contributed by atoms with Crippen LogP contribution in [0.2, 0.25) is 0 Å². The number of aryl methyl sites for hydroxylation is 3. The van der Waals surface area contributed by atoms with Gasteiger partial charge in [-0.3, -0.25) is 0 Å². The minimum absolute atomic E-state index is 0.324. The highest BCUT2D eigenvalue weighted by atomic mass is 31.2. The molecule has 0 bridgehead atoms. The van der Waals surface area contributed by atoms with Crippen LogP contribution >= 0.6 is 7.60 Å². The van der Waals surface area contributed by atoms with Gasteiger partial charge in [-0.25, -0.2) is 9.36 Å². The molecule has 0 radical (unpaired) electrons. The van der Waals surface area contributed by atoms with Crippen LogP contribution in [0.3, 0.4) is 0 Å². The topological polar surface area (TPSA) is 52.6 Å². The summed E-state index contributed by atoms with van der Waals surface area (Å²) in [5, 5.41) is 0.324. The zero-order valence-corrected chi connectivity index (χ0v) is 16.4. The lowest BCUT2D eigenvalue weighted by Crippen LogP contribution is -2.17. The van der Waals surface area contributed by atoms with Gasteiger partial charge in [-0.05, 0) is 56.2 Å². The van der Waals surface area contributed by atoms with Crippen LogP contribution in [0.5, 0.6) is 5.75 Å². The summed E-state index contributed by atoms with van der Waals surface area (Å²) in [6.07, 6.45) is 0. The lowest BCUT2D eigenvalue weighted by Gasteiger charge is -2.20. The summed E-state index contributed by atoms with van der Waals surface area (Å²) in [6.45, 7) is 5.63. The molecule has 3 aromatic rings. The Morgan fingerprint density at radius 2 is 1.33 bits per heavy atom. The lowest BCUT2D eigenvalue weighted by molar-refractivity contribution is 0.0724. The fraction of sp³-hybridized carbons (Fsp3) is 0.136. The second kappa shape index (κ2) is 7.81. The van der Waals surface area contributed by atoms with Crippen molar-refractivity contribution in [1.82, 2.24) is 0 Å². The molecule has 0 fully saturated rings. The first kappa shape index (κ1) is 18.9. The van der Waals surface area contributed by atoms with Gasteiger partial charge < -0.3 is 9.05 Å². The van der Waals surface area contributed by atoms with Crippen molar-refractivity contribution in [3.05, 3.63) is 95.1 Å². The van der Waals surface area contributed by atoms with Gasteiger partial charge in [0.25, 0.3) is 0 Å². The van der Waals surface area contributed by atoms with Crippen LogP contribution in [0.4, 0.5) is 0 Å². The van der Waals surface area contributed by atoms with E-state index in [1.54, 1.807) is 54.6 Å². The number of hydrogen-bond acceptors (Lipinski definition) is 4. The Morgan fingerprint density at radius 3 is 1.89 bits per heavy atom. The summed E-state index contributed by atoms with van der Waals surface area (Å²) in [5.74, 6) is -0.289. The first-order chi connectivity index (χ1) is 12.9. The second-order valence-electron chi connectivity index (χ2n) is 6.39. The van der Waals surface area contributed by atoms with Gasteiger partial charge in [-0.15, -0.1) is 0 Å². The highest BCUT2D eigenvalue weighted by molar-refractivity contribution is 7.63. The number of benzene rings is 3. The molecule has 0 aliphatic rings. The molecular weight excluding hydrogens is 359 g/mol. The van der Waals surface area contributed by atoms with Crippen molar-refractivity contribution in [3.8, 4) is 5.75 Å². The summed E-state index contributed by atoms with van der Waals surface area (Å²) in [4.78, 5) is 12.9. The highest BCUT2D eigenvalue weighted by Gasteiger charge is 2.34. The van der Waals surface area contributed by atoms with E-state index in [4.69, 9.17) is 9.05 Å². The van der Waals surface area contributed by atoms with Gasteiger partial charge in [-0.2, -0.15) is 0 Å². The van der Waals surface area contributed by atoms with Crippen LogP contribution in [0, 0.1) is 20.8 Å². The van der Waals surface area contributed by atoms with Crippen LogP contribution in [-0.4, -0.2) is 5.97 Å². The smallest absolute Gasteiger partial charge is 0.413 e. The fourth-order valence-electron chi connectivity index (χ4n) is 3.01. The zero-order valence-electron chi connectivity index (χ0n) is 15.5. The van der Waals surface area contributed by atoms with Crippen molar-refractivity contribution in [2.45, 2.75) is 20.8 Å². The lowest BCUT2D eigenvalue weighted by atomic mass is 10.0. The Labute approximate surface area is 159 Å². The maximum Gasteiger partial charge on any atom is 0.465 e. The molecule has 1 unspecified atom stereocenters. The number of carbonyl (C=O) groups excluding carboxylic acids is 1. The standard InChI is InChI=1S/C22H21O4P/c1-16-14-17(2)21(18(3)15-16)22(23)26-27(24,20-12-8-5-9-13-20)25-19-10-6-4-7-11-19/h4-15H,1-3H3. The molecule has 0 spiro atoms. The molecule has 27 heavy (non-hydrogen) atoms. The zero-order chi connectivity index (χ0) is 19.4. The van der Waals surface area contributed by atoms with Crippen molar-refractivity contribution < 1.29 is 18.4 Å². The molecule has 0 aromatic heterocycles. The Kier molecular flexibility index (Phi) is 5.48. The monoisotopic (exact) mass is 380 g/mol. The molecule has 0 aliphatic carbocycles. The summed E-state index contributed by atoms with van der Waals surface area (Å²) in [5.41, 5.74) is 3.01. The van der Waals surface area contributed by atoms with Crippen molar-refractivity contribution in [2.24, 2.45) is 0 Å². The molecule has 3 rings (SSSR count). The van der Waals surface area contributed by atoms with Crippen molar-refractivity contribution >= 4 is 18.9 Å². The minimum atomic E-state index is -3.92.